The van der Waals surface area contributed by atoms with Gasteiger partial charge in [-0.25, -0.2) is 0 Å². The number of alkyl halides is 3. The van der Waals surface area contributed by atoms with Gasteiger partial charge in [0.25, 0.3) is 5.91 Å². The molecule has 2 aromatic rings. The van der Waals surface area contributed by atoms with Crippen molar-refractivity contribution in [3.8, 4) is 0 Å². The van der Waals surface area contributed by atoms with Gasteiger partial charge in [-0.3, -0.25) is 14.5 Å². The van der Waals surface area contributed by atoms with Crippen molar-refractivity contribution in [3.05, 3.63) is 65.7 Å². The Morgan fingerprint density at radius 2 is 1.48 bits per heavy atom. The normalized spacial score (nSPS) is 17.8. The zero-order chi connectivity index (χ0) is 23.4. The minimum Gasteiger partial charge on any atom is -0.338 e. The zero-order valence-corrected chi connectivity index (χ0v) is 18.4. The van der Waals surface area contributed by atoms with Crippen LogP contribution in [0.15, 0.2) is 54.6 Å². The minimum absolute atomic E-state index is 0.0286. The van der Waals surface area contributed by atoms with Crippen molar-refractivity contribution in [1.29, 1.82) is 0 Å². The molecule has 0 saturated carbocycles. The molecule has 4 rings (SSSR count). The third-order valence-electron chi connectivity index (χ3n) is 6.44. The summed E-state index contributed by atoms with van der Waals surface area (Å²) in [5.41, 5.74) is 0.327. The van der Waals surface area contributed by atoms with Gasteiger partial charge in [-0.05, 0) is 75.2 Å². The maximum atomic E-state index is 13.3. The molecule has 2 amide bonds. The molecule has 2 heterocycles. The number of rotatable bonds is 5. The SMILES string of the molecule is O=C(c1ccc(C(F)(F)F)cc1)N1CCC(N(C(=O)CN2CCCC2)c2ccccc2)CC1. The summed E-state index contributed by atoms with van der Waals surface area (Å²) in [4.78, 5) is 31.8. The molecular weight excluding hydrogens is 431 g/mol. The predicted octanol–water partition coefficient (Wildman–Crippen LogP) is 4.44. The van der Waals surface area contributed by atoms with Crippen LogP contribution in [0.2, 0.25) is 0 Å². The van der Waals surface area contributed by atoms with Crippen LogP contribution in [-0.4, -0.2) is 60.4 Å². The molecule has 0 N–H and O–H groups in total. The smallest absolute Gasteiger partial charge is 0.338 e. The fourth-order valence-electron chi connectivity index (χ4n) is 4.67. The second kappa shape index (κ2) is 9.95. The molecule has 0 radical (unpaired) electrons. The monoisotopic (exact) mass is 459 g/mol. The van der Waals surface area contributed by atoms with Gasteiger partial charge in [0.1, 0.15) is 0 Å². The lowest BCUT2D eigenvalue weighted by molar-refractivity contribution is -0.137. The first kappa shape index (κ1) is 23.3. The van der Waals surface area contributed by atoms with Gasteiger partial charge >= 0.3 is 6.18 Å². The molecule has 2 aliphatic rings. The largest absolute Gasteiger partial charge is 0.416 e. The van der Waals surface area contributed by atoms with Crippen molar-refractivity contribution in [2.75, 3.05) is 37.6 Å². The summed E-state index contributed by atoms with van der Waals surface area (Å²) in [6.45, 7) is 3.16. The maximum Gasteiger partial charge on any atom is 0.416 e. The summed E-state index contributed by atoms with van der Waals surface area (Å²) < 4.78 is 38.4. The van der Waals surface area contributed by atoms with E-state index in [0.717, 1.165) is 43.8 Å². The van der Waals surface area contributed by atoms with Gasteiger partial charge in [-0.15, -0.1) is 0 Å². The summed E-state index contributed by atoms with van der Waals surface area (Å²) in [6, 6.07) is 13.9. The number of anilines is 1. The standard InChI is InChI=1S/C25H28F3N3O2/c26-25(27,28)20-10-8-19(9-11-20)24(33)30-16-12-22(13-17-30)31(21-6-2-1-3-7-21)23(32)18-29-14-4-5-15-29/h1-3,6-11,22H,4-5,12-18H2. The molecule has 33 heavy (non-hydrogen) atoms. The van der Waals surface area contributed by atoms with Crippen LogP contribution in [0.5, 0.6) is 0 Å². The maximum absolute atomic E-state index is 13.3. The second-order valence-corrected chi connectivity index (χ2v) is 8.68. The molecule has 2 saturated heterocycles. The van der Waals surface area contributed by atoms with Gasteiger partial charge in [0, 0.05) is 30.4 Å². The fraction of sp³-hybridized carbons (Fsp3) is 0.440. The highest BCUT2D eigenvalue weighted by Gasteiger charge is 2.33. The highest BCUT2D eigenvalue weighted by molar-refractivity contribution is 5.96. The molecule has 0 aromatic heterocycles. The van der Waals surface area contributed by atoms with Crippen LogP contribution in [0.3, 0.4) is 0 Å². The summed E-state index contributed by atoms with van der Waals surface area (Å²) in [5, 5.41) is 0. The number of para-hydroxylation sites is 1. The minimum atomic E-state index is -4.43. The van der Waals surface area contributed by atoms with Crippen LogP contribution in [0.4, 0.5) is 18.9 Å². The molecule has 2 aromatic carbocycles. The topological polar surface area (TPSA) is 43.9 Å². The molecule has 0 atom stereocenters. The van der Waals surface area contributed by atoms with E-state index in [4.69, 9.17) is 0 Å². The van der Waals surface area contributed by atoms with Crippen molar-refractivity contribution >= 4 is 17.5 Å². The first-order valence-corrected chi connectivity index (χ1v) is 11.4. The van der Waals surface area contributed by atoms with Crippen LogP contribution >= 0.6 is 0 Å². The average Bonchev–Trinajstić information content (AvgIpc) is 3.32. The van der Waals surface area contributed by atoms with Gasteiger partial charge in [0.15, 0.2) is 0 Å². The molecule has 0 spiro atoms. The molecule has 0 bridgehead atoms. The molecule has 2 fully saturated rings. The van der Waals surface area contributed by atoms with Crippen molar-refractivity contribution in [3.63, 3.8) is 0 Å². The second-order valence-electron chi connectivity index (χ2n) is 8.68. The number of carbonyl (C=O) groups is 2. The van der Waals surface area contributed by atoms with E-state index >= 15 is 0 Å². The van der Waals surface area contributed by atoms with E-state index in [1.54, 1.807) is 4.90 Å². The van der Waals surface area contributed by atoms with Crippen LogP contribution in [0.1, 0.15) is 41.6 Å². The Morgan fingerprint density at radius 1 is 0.879 bits per heavy atom. The van der Waals surface area contributed by atoms with Crippen molar-refractivity contribution < 1.29 is 22.8 Å². The molecule has 0 aliphatic carbocycles. The predicted molar refractivity (Wildman–Crippen MR) is 120 cm³/mol. The number of carbonyl (C=O) groups excluding carboxylic acids is 2. The lowest BCUT2D eigenvalue weighted by Gasteiger charge is -2.39. The Labute approximate surface area is 191 Å². The molecule has 5 nitrogen and oxygen atoms in total. The zero-order valence-electron chi connectivity index (χ0n) is 18.4. The third kappa shape index (κ3) is 5.55. The lowest BCUT2D eigenvalue weighted by Crippen LogP contribution is -2.51. The number of likely N-dealkylation sites (tertiary alicyclic amines) is 2. The lowest BCUT2D eigenvalue weighted by atomic mass is 10.0. The Balaban J connectivity index is 1.42. The van der Waals surface area contributed by atoms with E-state index in [0.29, 0.717) is 32.5 Å². The van der Waals surface area contributed by atoms with Gasteiger partial charge in [-0.2, -0.15) is 13.2 Å². The Bertz CT molecular complexity index is 949. The van der Waals surface area contributed by atoms with E-state index in [1.165, 1.54) is 12.1 Å². The van der Waals surface area contributed by atoms with Crippen molar-refractivity contribution in [1.82, 2.24) is 9.80 Å². The van der Waals surface area contributed by atoms with Gasteiger partial charge < -0.3 is 9.80 Å². The third-order valence-corrected chi connectivity index (χ3v) is 6.44. The Morgan fingerprint density at radius 3 is 2.06 bits per heavy atom. The van der Waals surface area contributed by atoms with Gasteiger partial charge in [-0.1, -0.05) is 18.2 Å². The Kier molecular flexibility index (Phi) is 7.02. The van der Waals surface area contributed by atoms with E-state index in [2.05, 4.69) is 4.90 Å². The number of benzene rings is 2. The number of hydrogen-bond acceptors (Lipinski definition) is 3. The highest BCUT2D eigenvalue weighted by Crippen LogP contribution is 2.30. The van der Waals surface area contributed by atoms with Gasteiger partial charge in [0.05, 0.1) is 12.1 Å². The summed E-state index contributed by atoms with van der Waals surface area (Å²) in [6.07, 6.45) is -0.964. The van der Waals surface area contributed by atoms with Crippen molar-refractivity contribution in [2.24, 2.45) is 0 Å². The first-order chi connectivity index (χ1) is 15.8. The summed E-state index contributed by atoms with van der Waals surface area (Å²) in [5.74, 6) is -0.215. The van der Waals surface area contributed by atoms with Gasteiger partial charge in [0.2, 0.25) is 5.91 Å². The highest BCUT2D eigenvalue weighted by atomic mass is 19.4. The first-order valence-electron chi connectivity index (χ1n) is 11.4. The van der Waals surface area contributed by atoms with Crippen LogP contribution < -0.4 is 4.90 Å². The number of piperidine rings is 1. The molecular formula is C25H28F3N3O2. The summed E-state index contributed by atoms with van der Waals surface area (Å²) >= 11 is 0. The van der Waals surface area contributed by atoms with Crippen molar-refractivity contribution in [2.45, 2.75) is 37.9 Å². The summed E-state index contributed by atoms with van der Waals surface area (Å²) in [7, 11) is 0. The fourth-order valence-corrected chi connectivity index (χ4v) is 4.67. The number of amides is 2. The number of nitrogens with zero attached hydrogens (tertiary/aromatic N) is 3. The van der Waals surface area contributed by atoms with E-state index in [9.17, 15) is 22.8 Å². The van der Waals surface area contributed by atoms with Crippen LogP contribution in [0, 0.1) is 0 Å². The Hall–Kier alpha value is -2.87. The molecule has 2 aliphatic heterocycles. The van der Waals surface area contributed by atoms with E-state index in [-0.39, 0.29) is 23.4 Å². The number of hydrogen-bond donors (Lipinski definition) is 0. The van der Waals surface area contributed by atoms with E-state index < -0.39 is 11.7 Å². The molecule has 8 heteroatoms. The quantitative estimate of drug-likeness (QED) is 0.664. The number of halogens is 3. The molecule has 176 valence electrons. The van der Waals surface area contributed by atoms with E-state index in [1.807, 2.05) is 35.2 Å². The average molecular weight is 460 g/mol. The molecule has 0 unspecified atom stereocenters. The van der Waals surface area contributed by atoms with Crippen LogP contribution in [-0.2, 0) is 11.0 Å². The van der Waals surface area contributed by atoms with Crippen LogP contribution in [0.25, 0.3) is 0 Å².